The molecule has 4 nitrogen and oxygen atoms in total. The Kier molecular flexibility index (Phi) is 2.87. The van der Waals surface area contributed by atoms with Crippen LogP contribution in [0.2, 0.25) is 0 Å². The van der Waals surface area contributed by atoms with E-state index in [1.807, 2.05) is 31.2 Å². The molecule has 1 aromatic heterocycles. The van der Waals surface area contributed by atoms with Gasteiger partial charge in [0.05, 0.1) is 23.0 Å². The zero-order chi connectivity index (χ0) is 11.7. The molecule has 0 spiro atoms. The van der Waals surface area contributed by atoms with Gasteiger partial charge in [0.25, 0.3) is 0 Å². The maximum Gasteiger partial charge on any atom is 0.141 e. The van der Waals surface area contributed by atoms with Gasteiger partial charge in [-0.25, -0.2) is 4.68 Å². The van der Waals surface area contributed by atoms with E-state index in [0.717, 1.165) is 21.6 Å². The second kappa shape index (κ2) is 4.17. The van der Waals surface area contributed by atoms with Crippen LogP contribution in [0, 0.1) is 6.92 Å². The number of aryl methyl sites for hydroxylation is 1. The maximum atomic E-state index is 5.94. The van der Waals surface area contributed by atoms with Gasteiger partial charge in [0.1, 0.15) is 11.6 Å². The fraction of sp³-hybridized carbons (Fsp3) is 0.182. The van der Waals surface area contributed by atoms with Crippen LogP contribution >= 0.6 is 15.9 Å². The van der Waals surface area contributed by atoms with Gasteiger partial charge in [-0.2, -0.15) is 5.10 Å². The first-order valence-corrected chi connectivity index (χ1v) is 5.58. The van der Waals surface area contributed by atoms with Crippen molar-refractivity contribution in [2.75, 3.05) is 12.8 Å². The van der Waals surface area contributed by atoms with E-state index in [1.165, 1.54) is 0 Å². The minimum atomic E-state index is 0.589. The van der Waals surface area contributed by atoms with Gasteiger partial charge < -0.3 is 10.5 Å². The zero-order valence-electron chi connectivity index (χ0n) is 9.07. The largest absolute Gasteiger partial charge is 0.497 e. The summed E-state index contributed by atoms with van der Waals surface area (Å²) >= 11 is 3.39. The van der Waals surface area contributed by atoms with E-state index in [2.05, 4.69) is 21.0 Å². The molecule has 2 aromatic rings. The summed E-state index contributed by atoms with van der Waals surface area (Å²) in [6, 6.07) is 7.59. The highest BCUT2D eigenvalue weighted by atomic mass is 79.9. The van der Waals surface area contributed by atoms with Crippen LogP contribution in [-0.4, -0.2) is 16.9 Å². The van der Waals surface area contributed by atoms with Crippen LogP contribution in [0.5, 0.6) is 5.75 Å². The smallest absolute Gasteiger partial charge is 0.141 e. The molecule has 2 N–H and O–H groups in total. The normalized spacial score (nSPS) is 10.4. The van der Waals surface area contributed by atoms with Crippen molar-refractivity contribution in [1.29, 1.82) is 0 Å². The molecule has 84 valence electrons. The van der Waals surface area contributed by atoms with E-state index in [4.69, 9.17) is 10.5 Å². The predicted octanol–water partition coefficient (Wildman–Crippen LogP) is 2.53. The van der Waals surface area contributed by atoms with E-state index in [-0.39, 0.29) is 0 Å². The molecular formula is C11H12BrN3O. The number of nitrogens with two attached hydrogens (primary N) is 1. The van der Waals surface area contributed by atoms with E-state index >= 15 is 0 Å². The lowest BCUT2D eigenvalue weighted by Crippen LogP contribution is -2.02. The molecule has 0 aliphatic heterocycles. The van der Waals surface area contributed by atoms with Crippen LogP contribution in [0.15, 0.2) is 28.7 Å². The summed E-state index contributed by atoms with van der Waals surface area (Å²) in [4.78, 5) is 0. The quantitative estimate of drug-likeness (QED) is 0.920. The van der Waals surface area contributed by atoms with Gasteiger partial charge in [0.15, 0.2) is 0 Å². The molecule has 16 heavy (non-hydrogen) atoms. The van der Waals surface area contributed by atoms with Gasteiger partial charge >= 0.3 is 0 Å². The fourth-order valence-corrected chi connectivity index (χ4v) is 1.71. The van der Waals surface area contributed by atoms with Crippen molar-refractivity contribution in [2.45, 2.75) is 6.92 Å². The third kappa shape index (κ3) is 1.78. The number of hydrogen-bond acceptors (Lipinski definition) is 3. The summed E-state index contributed by atoms with van der Waals surface area (Å²) in [6.45, 7) is 1.90. The first-order chi connectivity index (χ1) is 7.63. The van der Waals surface area contributed by atoms with Crippen LogP contribution in [-0.2, 0) is 0 Å². The summed E-state index contributed by atoms with van der Waals surface area (Å²) in [5.41, 5.74) is 7.68. The molecule has 0 unspecified atom stereocenters. The molecule has 1 aromatic carbocycles. The van der Waals surface area contributed by atoms with Crippen molar-refractivity contribution in [3.63, 3.8) is 0 Å². The third-order valence-corrected chi connectivity index (χ3v) is 3.30. The summed E-state index contributed by atoms with van der Waals surface area (Å²) in [5, 5.41) is 4.34. The number of nitrogens with zero attached hydrogens (tertiary/aromatic N) is 2. The summed E-state index contributed by atoms with van der Waals surface area (Å²) in [7, 11) is 1.63. The Morgan fingerprint density at radius 2 is 2.19 bits per heavy atom. The number of halogens is 1. The average molecular weight is 282 g/mol. The van der Waals surface area contributed by atoms with E-state index < -0.39 is 0 Å². The topological polar surface area (TPSA) is 53.1 Å². The molecule has 0 saturated carbocycles. The standard InChI is InChI=1S/C11H12BrN3O/c1-7-10(12)11(13)15(14-7)8-4-3-5-9(6-8)16-2/h3-6H,13H2,1-2H3. The van der Waals surface area contributed by atoms with Crippen molar-refractivity contribution >= 4 is 21.7 Å². The van der Waals surface area contributed by atoms with Crippen LogP contribution < -0.4 is 10.5 Å². The molecule has 1 heterocycles. The lowest BCUT2D eigenvalue weighted by atomic mass is 10.3. The number of rotatable bonds is 2. The molecule has 0 radical (unpaired) electrons. The molecule has 5 heteroatoms. The lowest BCUT2D eigenvalue weighted by molar-refractivity contribution is 0.414. The fourth-order valence-electron chi connectivity index (χ4n) is 1.47. The second-order valence-corrected chi connectivity index (χ2v) is 4.19. The number of aromatic nitrogens is 2. The third-order valence-electron chi connectivity index (χ3n) is 2.32. The van der Waals surface area contributed by atoms with Crippen LogP contribution in [0.3, 0.4) is 0 Å². The minimum Gasteiger partial charge on any atom is -0.497 e. The minimum absolute atomic E-state index is 0.589. The van der Waals surface area contributed by atoms with Crippen LogP contribution in [0.25, 0.3) is 5.69 Å². The van der Waals surface area contributed by atoms with Crippen LogP contribution in [0.4, 0.5) is 5.82 Å². The summed E-state index contributed by atoms with van der Waals surface area (Å²) in [5.74, 6) is 1.37. The molecule has 2 rings (SSSR count). The number of hydrogen-bond donors (Lipinski definition) is 1. The Morgan fingerprint density at radius 3 is 2.75 bits per heavy atom. The van der Waals surface area contributed by atoms with Crippen molar-refractivity contribution in [2.24, 2.45) is 0 Å². The number of ether oxygens (including phenoxy) is 1. The highest BCUT2D eigenvalue weighted by molar-refractivity contribution is 9.10. The van der Waals surface area contributed by atoms with Crippen molar-refractivity contribution in [3.05, 3.63) is 34.4 Å². The van der Waals surface area contributed by atoms with E-state index in [1.54, 1.807) is 11.8 Å². The number of nitrogen functional groups attached to an aromatic ring is 1. The SMILES string of the molecule is COc1cccc(-n2nc(C)c(Br)c2N)c1. The molecule has 0 bridgehead atoms. The highest BCUT2D eigenvalue weighted by Crippen LogP contribution is 2.27. The van der Waals surface area contributed by atoms with E-state index in [9.17, 15) is 0 Å². The first-order valence-electron chi connectivity index (χ1n) is 4.78. The molecule has 0 fully saturated rings. The maximum absolute atomic E-state index is 5.94. The lowest BCUT2D eigenvalue weighted by Gasteiger charge is -2.06. The molecule has 0 saturated heterocycles. The summed E-state index contributed by atoms with van der Waals surface area (Å²) in [6.07, 6.45) is 0. The van der Waals surface area contributed by atoms with Crippen LogP contribution in [0.1, 0.15) is 5.69 Å². The van der Waals surface area contributed by atoms with Gasteiger partial charge in [0.2, 0.25) is 0 Å². The highest BCUT2D eigenvalue weighted by Gasteiger charge is 2.11. The number of benzene rings is 1. The molecule has 0 aliphatic rings. The van der Waals surface area contributed by atoms with Crippen molar-refractivity contribution in [3.8, 4) is 11.4 Å². The monoisotopic (exact) mass is 281 g/mol. The Morgan fingerprint density at radius 1 is 1.44 bits per heavy atom. The average Bonchev–Trinajstić information content (AvgIpc) is 2.57. The summed E-state index contributed by atoms with van der Waals surface area (Å²) < 4.78 is 7.67. The molecule has 0 amide bonds. The predicted molar refractivity (Wildman–Crippen MR) is 67.0 cm³/mol. The van der Waals surface area contributed by atoms with Gasteiger partial charge in [-0.15, -0.1) is 0 Å². The Balaban J connectivity index is 2.54. The van der Waals surface area contributed by atoms with Gasteiger partial charge in [-0.05, 0) is 35.0 Å². The Bertz CT molecular complexity index is 522. The Labute approximate surface area is 102 Å². The zero-order valence-corrected chi connectivity index (χ0v) is 10.7. The first kappa shape index (κ1) is 11.0. The second-order valence-electron chi connectivity index (χ2n) is 3.40. The molecule has 0 atom stereocenters. The molecule has 0 aliphatic carbocycles. The Hall–Kier alpha value is -1.49. The number of anilines is 1. The number of methoxy groups -OCH3 is 1. The van der Waals surface area contributed by atoms with Crippen molar-refractivity contribution < 1.29 is 4.74 Å². The van der Waals surface area contributed by atoms with E-state index in [0.29, 0.717) is 5.82 Å². The molecular weight excluding hydrogens is 270 g/mol. The van der Waals surface area contributed by atoms with Gasteiger partial charge in [-0.3, -0.25) is 0 Å². The van der Waals surface area contributed by atoms with Gasteiger partial charge in [0, 0.05) is 6.07 Å². The van der Waals surface area contributed by atoms with Gasteiger partial charge in [-0.1, -0.05) is 6.07 Å². The van der Waals surface area contributed by atoms with Crippen molar-refractivity contribution in [1.82, 2.24) is 9.78 Å².